The lowest BCUT2D eigenvalue weighted by Crippen LogP contribution is -2.43. The van der Waals surface area contributed by atoms with Gasteiger partial charge in [0.15, 0.2) is 11.5 Å². The second-order valence-electron chi connectivity index (χ2n) is 5.79. The van der Waals surface area contributed by atoms with Crippen LogP contribution in [0.4, 0.5) is 0 Å². The number of piperidine rings is 1. The molecule has 2 atom stereocenters. The van der Waals surface area contributed by atoms with Crippen molar-refractivity contribution in [2.75, 3.05) is 26.3 Å². The van der Waals surface area contributed by atoms with Crippen molar-refractivity contribution >= 4 is 0 Å². The van der Waals surface area contributed by atoms with E-state index in [9.17, 15) is 5.11 Å². The smallest absolute Gasteiger partial charge is 0.161 e. The Labute approximate surface area is 120 Å². The molecule has 20 heavy (non-hydrogen) atoms. The van der Waals surface area contributed by atoms with Gasteiger partial charge in [-0.05, 0) is 43.9 Å². The van der Waals surface area contributed by atoms with E-state index >= 15 is 0 Å². The number of fused-ring (bicyclic) bond motifs is 1. The van der Waals surface area contributed by atoms with Crippen molar-refractivity contribution in [2.24, 2.45) is 0 Å². The first-order chi connectivity index (χ1) is 9.72. The number of benzene rings is 1. The molecular weight excluding hydrogens is 254 g/mol. The van der Waals surface area contributed by atoms with E-state index in [1.807, 2.05) is 6.07 Å². The lowest BCUT2D eigenvalue weighted by molar-refractivity contribution is 0.0490. The van der Waals surface area contributed by atoms with E-state index in [0.29, 0.717) is 19.3 Å². The van der Waals surface area contributed by atoms with Gasteiger partial charge in [-0.25, -0.2) is 0 Å². The average Bonchev–Trinajstić information content (AvgIpc) is 2.46. The number of rotatable bonds is 3. The number of aliphatic hydroxyl groups excluding tert-OH is 1. The lowest BCUT2D eigenvalue weighted by atomic mass is 10.00. The summed E-state index contributed by atoms with van der Waals surface area (Å²) in [5, 5.41) is 9.66. The molecule has 2 aliphatic rings. The lowest BCUT2D eigenvalue weighted by Gasteiger charge is -2.35. The molecule has 0 aliphatic carbocycles. The molecule has 1 fully saturated rings. The van der Waals surface area contributed by atoms with Gasteiger partial charge in [0.2, 0.25) is 0 Å². The van der Waals surface area contributed by atoms with E-state index in [1.54, 1.807) is 0 Å². The summed E-state index contributed by atoms with van der Waals surface area (Å²) in [6, 6.07) is 6.69. The SMILES string of the molecule is CC1CC(O)CCN1CCc1ccc2c(c1)OCCO2. The molecular formula is C16H23NO3. The van der Waals surface area contributed by atoms with Gasteiger partial charge in [0.1, 0.15) is 13.2 Å². The summed E-state index contributed by atoms with van der Waals surface area (Å²) in [5.74, 6) is 1.73. The maximum atomic E-state index is 9.66. The van der Waals surface area contributed by atoms with Crippen LogP contribution in [0.3, 0.4) is 0 Å². The van der Waals surface area contributed by atoms with E-state index in [-0.39, 0.29) is 6.10 Å². The monoisotopic (exact) mass is 277 g/mol. The summed E-state index contributed by atoms with van der Waals surface area (Å²) in [7, 11) is 0. The highest BCUT2D eigenvalue weighted by Crippen LogP contribution is 2.31. The molecule has 0 spiro atoms. The fourth-order valence-corrected chi connectivity index (χ4v) is 3.04. The normalized spacial score (nSPS) is 26.5. The minimum atomic E-state index is -0.115. The Hall–Kier alpha value is -1.26. The molecule has 110 valence electrons. The third kappa shape index (κ3) is 3.07. The molecule has 2 heterocycles. The van der Waals surface area contributed by atoms with E-state index in [4.69, 9.17) is 9.47 Å². The van der Waals surface area contributed by atoms with Gasteiger partial charge in [0, 0.05) is 19.1 Å². The number of likely N-dealkylation sites (tertiary alicyclic amines) is 1. The number of ether oxygens (including phenoxy) is 2. The van der Waals surface area contributed by atoms with Crippen LogP contribution in [0.2, 0.25) is 0 Å². The second kappa shape index (κ2) is 6.02. The summed E-state index contributed by atoms with van der Waals surface area (Å²) in [4.78, 5) is 2.46. The van der Waals surface area contributed by atoms with Crippen molar-refractivity contribution in [3.63, 3.8) is 0 Å². The second-order valence-corrected chi connectivity index (χ2v) is 5.79. The largest absolute Gasteiger partial charge is 0.486 e. The van der Waals surface area contributed by atoms with Gasteiger partial charge in [0.05, 0.1) is 6.10 Å². The molecule has 0 saturated carbocycles. The summed E-state index contributed by atoms with van der Waals surface area (Å²) in [6.45, 7) is 5.50. The van der Waals surface area contributed by atoms with Crippen LogP contribution in [0, 0.1) is 0 Å². The average molecular weight is 277 g/mol. The van der Waals surface area contributed by atoms with Crippen LogP contribution in [0.1, 0.15) is 25.3 Å². The maximum absolute atomic E-state index is 9.66. The van der Waals surface area contributed by atoms with Crippen molar-refractivity contribution in [1.29, 1.82) is 0 Å². The van der Waals surface area contributed by atoms with Crippen molar-refractivity contribution in [3.8, 4) is 11.5 Å². The Kier molecular flexibility index (Phi) is 4.13. The first kappa shape index (κ1) is 13.7. The summed E-state index contributed by atoms with van der Waals surface area (Å²) < 4.78 is 11.2. The Balaban J connectivity index is 1.58. The van der Waals surface area contributed by atoms with Gasteiger partial charge < -0.3 is 19.5 Å². The van der Waals surface area contributed by atoms with Gasteiger partial charge in [0.25, 0.3) is 0 Å². The number of aliphatic hydroxyl groups is 1. The Morgan fingerprint density at radius 2 is 2.05 bits per heavy atom. The summed E-state index contributed by atoms with van der Waals surface area (Å²) >= 11 is 0. The maximum Gasteiger partial charge on any atom is 0.161 e. The highest BCUT2D eigenvalue weighted by Gasteiger charge is 2.23. The summed E-state index contributed by atoms with van der Waals surface area (Å²) in [6.07, 6.45) is 2.68. The minimum Gasteiger partial charge on any atom is -0.486 e. The van der Waals surface area contributed by atoms with E-state index in [2.05, 4.69) is 24.0 Å². The van der Waals surface area contributed by atoms with Crippen LogP contribution in [-0.2, 0) is 6.42 Å². The quantitative estimate of drug-likeness (QED) is 0.915. The highest BCUT2D eigenvalue weighted by atomic mass is 16.6. The van der Waals surface area contributed by atoms with Crippen molar-refractivity contribution in [2.45, 2.75) is 38.3 Å². The molecule has 1 N–H and O–H groups in total. The van der Waals surface area contributed by atoms with Crippen LogP contribution >= 0.6 is 0 Å². The number of hydrogen-bond donors (Lipinski definition) is 1. The van der Waals surface area contributed by atoms with Crippen molar-refractivity contribution < 1.29 is 14.6 Å². The number of hydrogen-bond acceptors (Lipinski definition) is 4. The van der Waals surface area contributed by atoms with Gasteiger partial charge in [-0.3, -0.25) is 0 Å². The standard InChI is InChI=1S/C16H23NO3/c1-12-10-14(18)5-7-17(12)6-4-13-2-3-15-16(11-13)20-9-8-19-15/h2-3,11-12,14,18H,4-10H2,1H3. The Morgan fingerprint density at radius 3 is 2.85 bits per heavy atom. The zero-order valence-corrected chi connectivity index (χ0v) is 12.0. The van der Waals surface area contributed by atoms with E-state index in [1.165, 1.54) is 5.56 Å². The van der Waals surface area contributed by atoms with Gasteiger partial charge in [-0.1, -0.05) is 6.07 Å². The van der Waals surface area contributed by atoms with Crippen LogP contribution in [0.15, 0.2) is 18.2 Å². The van der Waals surface area contributed by atoms with Gasteiger partial charge in [-0.2, -0.15) is 0 Å². The van der Waals surface area contributed by atoms with E-state index < -0.39 is 0 Å². The number of nitrogens with zero attached hydrogens (tertiary/aromatic N) is 1. The van der Waals surface area contributed by atoms with Gasteiger partial charge >= 0.3 is 0 Å². The van der Waals surface area contributed by atoms with Crippen molar-refractivity contribution in [1.82, 2.24) is 4.90 Å². The molecule has 1 saturated heterocycles. The van der Waals surface area contributed by atoms with Crippen LogP contribution < -0.4 is 9.47 Å². The van der Waals surface area contributed by atoms with Crippen LogP contribution in [0.25, 0.3) is 0 Å². The fraction of sp³-hybridized carbons (Fsp3) is 0.625. The Bertz CT molecular complexity index is 463. The summed E-state index contributed by atoms with van der Waals surface area (Å²) in [5.41, 5.74) is 1.28. The predicted molar refractivity (Wildman–Crippen MR) is 77.4 cm³/mol. The molecule has 1 aromatic carbocycles. The molecule has 4 nitrogen and oxygen atoms in total. The third-order valence-corrected chi connectivity index (χ3v) is 4.28. The third-order valence-electron chi connectivity index (χ3n) is 4.28. The fourth-order valence-electron chi connectivity index (χ4n) is 3.04. The molecule has 4 heteroatoms. The first-order valence-electron chi connectivity index (χ1n) is 7.53. The minimum absolute atomic E-state index is 0.115. The molecule has 0 radical (unpaired) electrons. The zero-order valence-electron chi connectivity index (χ0n) is 12.0. The topological polar surface area (TPSA) is 41.9 Å². The van der Waals surface area contributed by atoms with Crippen LogP contribution in [-0.4, -0.2) is 48.5 Å². The highest BCUT2D eigenvalue weighted by molar-refractivity contribution is 5.43. The molecule has 0 aromatic heterocycles. The molecule has 2 aliphatic heterocycles. The zero-order chi connectivity index (χ0) is 13.9. The molecule has 0 amide bonds. The van der Waals surface area contributed by atoms with Gasteiger partial charge in [-0.15, -0.1) is 0 Å². The molecule has 1 aromatic rings. The molecule has 2 unspecified atom stereocenters. The molecule has 0 bridgehead atoms. The van der Waals surface area contributed by atoms with Crippen LogP contribution in [0.5, 0.6) is 11.5 Å². The van der Waals surface area contributed by atoms with E-state index in [0.717, 1.165) is 43.9 Å². The Morgan fingerprint density at radius 1 is 1.25 bits per heavy atom. The first-order valence-corrected chi connectivity index (χ1v) is 7.53. The van der Waals surface area contributed by atoms with Crippen molar-refractivity contribution in [3.05, 3.63) is 23.8 Å². The molecule has 3 rings (SSSR count). The predicted octanol–water partition coefficient (Wildman–Crippen LogP) is 1.85.